The Morgan fingerprint density at radius 3 is 1.28 bits per heavy atom. The van der Waals surface area contributed by atoms with Gasteiger partial charge in [-0.15, -0.1) is 0 Å². The van der Waals surface area contributed by atoms with Gasteiger partial charge in [0.2, 0.25) is 0 Å². The SMILES string of the molecule is c1cc(N(c2ccc(-c3cccc4c3oc3ccccc34)cc2)c2cccc(-n3c4ccccc4c4ccccc43)c2)cc(-n2c3ccccc3c3ccccc32)c1. The van der Waals surface area contributed by atoms with Crippen molar-refractivity contribution < 1.29 is 4.42 Å². The van der Waals surface area contributed by atoms with Crippen LogP contribution in [0.25, 0.3) is 88.1 Å². The van der Waals surface area contributed by atoms with Crippen LogP contribution in [0.1, 0.15) is 0 Å². The Kier molecular flexibility index (Phi) is 7.20. The van der Waals surface area contributed by atoms with Crippen molar-refractivity contribution in [1.82, 2.24) is 9.13 Å². The lowest BCUT2D eigenvalue weighted by Crippen LogP contribution is -2.11. The minimum atomic E-state index is 0.902. The molecule has 0 unspecified atom stereocenters. The molecule has 0 amide bonds. The van der Waals surface area contributed by atoms with Crippen LogP contribution in [0.5, 0.6) is 0 Å². The molecule has 0 atom stereocenters. The van der Waals surface area contributed by atoms with Crippen molar-refractivity contribution in [1.29, 1.82) is 0 Å². The van der Waals surface area contributed by atoms with E-state index in [-0.39, 0.29) is 0 Å². The summed E-state index contributed by atoms with van der Waals surface area (Å²) in [5.41, 5.74) is 14.1. The summed E-state index contributed by atoms with van der Waals surface area (Å²) in [6.45, 7) is 0. The van der Waals surface area contributed by atoms with Gasteiger partial charge in [-0.25, -0.2) is 0 Å². The van der Waals surface area contributed by atoms with Crippen LogP contribution in [0, 0.1) is 0 Å². The molecule has 0 saturated heterocycles. The van der Waals surface area contributed by atoms with E-state index in [0.29, 0.717) is 0 Å². The van der Waals surface area contributed by atoms with E-state index >= 15 is 0 Å². The van der Waals surface area contributed by atoms with Gasteiger partial charge in [-0.05, 0) is 84.4 Å². The molecule has 0 radical (unpaired) electrons. The second-order valence-electron chi connectivity index (χ2n) is 14.9. The minimum absolute atomic E-state index is 0.902. The quantitative estimate of drug-likeness (QED) is 0.170. The first-order chi connectivity index (χ1) is 28.8. The van der Waals surface area contributed by atoms with Crippen molar-refractivity contribution in [3.05, 3.63) is 212 Å². The van der Waals surface area contributed by atoms with E-state index in [1.807, 2.05) is 12.1 Å². The monoisotopic (exact) mass is 741 g/mol. The second-order valence-corrected chi connectivity index (χ2v) is 14.9. The average Bonchev–Trinajstić information content (AvgIpc) is 3.95. The summed E-state index contributed by atoms with van der Waals surface area (Å²) in [6, 6.07) is 76.2. The zero-order chi connectivity index (χ0) is 38.2. The Balaban J connectivity index is 1.05. The molecule has 0 spiro atoms. The van der Waals surface area contributed by atoms with Crippen molar-refractivity contribution in [3.63, 3.8) is 0 Å². The van der Waals surface area contributed by atoms with Gasteiger partial charge in [0.25, 0.3) is 0 Å². The average molecular weight is 742 g/mol. The van der Waals surface area contributed by atoms with E-state index in [1.165, 1.54) is 43.6 Å². The summed E-state index contributed by atoms with van der Waals surface area (Å²) in [4.78, 5) is 2.38. The fourth-order valence-corrected chi connectivity index (χ4v) is 9.16. The van der Waals surface area contributed by atoms with Gasteiger partial charge in [-0.1, -0.05) is 133 Å². The van der Waals surface area contributed by atoms with E-state index in [9.17, 15) is 0 Å². The third-order valence-corrected chi connectivity index (χ3v) is 11.7. The maximum atomic E-state index is 6.46. The molecular formula is C54H35N3O. The number of rotatable bonds is 6. The Morgan fingerprint density at radius 2 is 0.759 bits per heavy atom. The molecule has 0 aliphatic heterocycles. The number of anilines is 3. The molecule has 0 saturated carbocycles. The molecule has 0 bridgehead atoms. The molecule has 0 aliphatic rings. The lowest BCUT2D eigenvalue weighted by molar-refractivity contribution is 0.670. The molecule has 0 N–H and O–H groups in total. The zero-order valence-electron chi connectivity index (χ0n) is 31.5. The molecule has 9 aromatic carbocycles. The number of furan rings is 1. The van der Waals surface area contributed by atoms with E-state index in [4.69, 9.17) is 4.42 Å². The molecule has 0 fully saturated rings. The maximum Gasteiger partial charge on any atom is 0.143 e. The van der Waals surface area contributed by atoms with Crippen LogP contribution in [0.3, 0.4) is 0 Å². The Labute approximate surface area is 334 Å². The predicted octanol–water partition coefficient (Wildman–Crippen LogP) is 14.9. The van der Waals surface area contributed by atoms with Crippen molar-refractivity contribution in [2.45, 2.75) is 0 Å². The molecule has 272 valence electrons. The Bertz CT molecular complexity index is 3270. The van der Waals surface area contributed by atoms with E-state index in [1.54, 1.807) is 0 Å². The van der Waals surface area contributed by atoms with E-state index in [2.05, 4.69) is 214 Å². The Hall–Kier alpha value is -7.82. The maximum absolute atomic E-state index is 6.46. The van der Waals surface area contributed by atoms with Crippen LogP contribution >= 0.6 is 0 Å². The molecule has 3 aromatic heterocycles. The largest absolute Gasteiger partial charge is 0.455 e. The second kappa shape index (κ2) is 12.9. The molecule has 12 rings (SSSR count). The van der Waals surface area contributed by atoms with Crippen molar-refractivity contribution in [2.24, 2.45) is 0 Å². The van der Waals surface area contributed by atoms with Gasteiger partial charge < -0.3 is 18.5 Å². The standard InChI is InChI=1S/C54H35N3O/c1-6-25-49-43(18-1)44-19-2-7-26-50(44)56(49)40-16-11-14-38(34-40)55(37-32-30-36(31-33-37)42-23-13-24-48-47-22-5-10-29-53(47)58-54(42)48)39-15-12-17-41(35-39)57-51-27-8-3-20-45(51)46-21-4-9-28-52(46)57/h1-35H. The molecule has 58 heavy (non-hydrogen) atoms. The highest BCUT2D eigenvalue weighted by atomic mass is 16.3. The molecule has 0 aliphatic carbocycles. The smallest absolute Gasteiger partial charge is 0.143 e. The van der Waals surface area contributed by atoms with Crippen LogP contribution < -0.4 is 4.90 Å². The van der Waals surface area contributed by atoms with E-state index in [0.717, 1.165) is 61.5 Å². The lowest BCUT2D eigenvalue weighted by Gasteiger charge is -2.27. The van der Waals surface area contributed by atoms with Gasteiger partial charge in [0.1, 0.15) is 11.2 Å². The van der Waals surface area contributed by atoms with Gasteiger partial charge in [0, 0.05) is 66.3 Å². The highest BCUT2D eigenvalue weighted by Gasteiger charge is 2.19. The highest BCUT2D eigenvalue weighted by Crippen LogP contribution is 2.42. The van der Waals surface area contributed by atoms with Crippen molar-refractivity contribution >= 4 is 82.6 Å². The Morgan fingerprint density at radius 1 is 0.328 bits per heavy atom. The lowest BCUT2D eigenvalue weighted by atomic mass is 10.0. The van der Waals surface area contributed by atoms with Gasteiger partial charge >= 0.3 is 0 Å². The fraction of sp³-hybridized carbons (Fsp3) is 0. The van der Waals surface area contributed by atoms with Crippen molar-refractivity contribution in [3.8, 4) is 22.5 Å². The first kappa shape index (κ1) is 32.4. The highest BCUT2D eigenvalue weighted by molar-refractivity contribution is 6.11. The molecule has 4 nitrogen and oxygen atoms in total. The molecule has 12 aromatic rings. The first-order valence-corrected chi connectivity index (χ1v) is 19.8. The summed E-state index contributed by atoms with van der Waals surface area (Å²) in [7, 11) is 0. The van der Waals surface area contributed by atoms with E-state index < -0.39 is 0 Å². The summed E-state index contributed by atoms with van der Waals surface area (Å²) >= 11 is 0. The normalized spacial score (nSPS) is 11.8. The van der Waals surface area contributed by atoms with Crippen LogP contribution in [0.4, 0.5) is 17.1 Å². The topological polar surface area (TPSA) is 26.2 Å². The third kappa shape index (κ3) is 4.95. The fourth-order valence-electron chi connectivity index (χ4n) is 9.16. The number of hydrogen-bond acceptors (Lipinski definition) is 2. The predicted molar refractivity (Wildman–Crippen MR) is 243 cm³/mol. The summed E-state index contributed by atoms with van der Waals surface area (Å²) < 4.78 is 11.2. The minimum Gasteiger partial charge on any atom is -0.455 e. The summed E-state index contributed by atoms with van der Waals surface area (Å²) in [6.07, 6.45) is 0. The van der Waals surface area contributed by atoms with Gasteiger partial charge in [0.15, 0.2) is 0 Å². The molecule has 3 heterocycles. The number of hydrogen-bond donors (Lipinski definition) is 0. The number of benzene rings is 9. The molecule has 4 heteroatoms. The van der Waals surface area contributed by atoms with Crippen molar-refractivity contribution in [2.75, 3.05) is 4.90 Å². The number of aromatic nitrogens is 2. The van der Waals surface area contributed by atoms with Crippen LogP contribution in [0.2, 0.25) is 0 Å². The van der Waals surface area contributed by atoms with Gasteiger partial charge in [-0.3, -0.25) is 0 Å². The first-order valence-electron chi connectivity index (χ1n) is 19.8. The van der Waals surface area contributed by atoms with Crippen LogP contribution in [-0.4, -0.2) is 9.13 Å². The summed E-state index contributed by atoms with van der Waals surface area (Å²) in [5.74, 6) is 0. The number of para-hydroxylation sites is 6. The zero-order valence-corrected chi connectivity index (χ0v) is 31.5. The number of nitrogens with zero attached hydrogens (tertiary/aromatic N) is 3. The number of fused-ring (bicyclic) bond motifs is 9. The van der Waals surface area contributed by atoms with Crippen LogP contribution in [-0.2, 0) is 0 Å². The van der Waals surface area contributed by atoms with Crippen LogP contribution in [0.15, 0.2) is 217 Å². The third-order valence-electron chi connectivity index (χ3n) is 11.7. The van der Waals surface area contributed by atoms with Gasteiger partial charge in [-0.2, -0.15) is 0 Å². The molecular weight excluding hydrogens is 707 g/mol. The summed E-state index contributed by atoms with van der Waals surface area (Å²) in [5, 5.41) is 7.24. The van der Waals surface area contributed by atoms with Gasteiger partial charge in [0.05, 0.1) is 22.1 Å².